The van der Waals surface area contributed by atoms with Crippen LogP contribution in [0, 0.1) is 0 Å². The number of ether oxygens (including phenoxy) is 3. The van der Waals surface area contributed by atoms with Gasteiger partial charge in [-0.1, -0.05) is 19.1 Å². The Balaban J connectivity index is 2.59. The molecule has 0 saturated heterocycles. The number of hydrogen-bond acceptors (Lipinski definition) is 5. The van der Waals surface area contributed by atoms with E-state index in [0.29, 0.717) is 19.8 Å². The van der Waals surface area contributed by atoms with Crippen LogP contribution in [0.3, 0.4) is 0 Å². The van der Waals surface area contributed by atoms with Crippen molar-refractivity contribution in [2.24, 2.45) is 0 Å². The van der Waals surface area contributed by atoms with E-state index in [0.717, 1.165) is 36.6 Å². The van der Waals surface area contributed by atoms with Crippen molar-refractivity contribution in [1.82, 2.24) is 5.32 Å². The summed E-state index contributed by atoms with van der Waals surface area (Å²) in [5.74, 6) is 1.48. The van der Waals surface area contributed by atoms with Crippen LogP contribution < -0.4 is 14.8 Å². The predicted octanol–water partition coefficient (Wildman–Crippen LogP) is 1.58. The molecule has 0 fully saturated rings. The number of nitrogens with one attached hydrogen (secondary N) is 1. The van der Waals surface area contributed by atoms with E-state index in [4.69, 9.17) is 19.3 Å². The smallest absolute Gasteiger partial charge is 0.165 e. The minimum Gasteiger partial charge on any atom is -0.493 e. The molecule has 0 saturated carbocycles. The van der Waals surface area contributed by atoms with Crippen LogP contribution in [0.15, 0.2) is 18.2 Å². The van der Waals surface area contributed by atoms with Crippen molar-refractivity contribution < 1.29 is 19.3 Å². The Hall–Kier alpha value is -1.30. The van der Waals surface area contributed by atoms with Gasteiger partial charge in [0.05, 0.1) is 26.9 Å². The fourth-order valence-electron chi connectivity index (χ4n) is 1.79. The number of methoxy groups -OCH3 is 1. The molecule has 5 nitrogen and oxygen atoms in total. The Morgan fingerprint density at radius 3 is 2.75 bits per heavy atom. The van der Waals surface area contributed by atoms with Crippen LogP contribution in [-0.4, -0.2) is 45.2 Å². The third kappa shape index (κ3) is 5.77. The molecule has 0 aliphatic carbocycles. The van der Waals surface area contributed by atoms with Gasteiger partial charge < -0.3 is 24.6 Å². The van der Waals surface area contributed by atoms with Gasteiger partial charge in [-0.15, -0.1) is 0 Å². The standard InChI is InChI=1S/C15H25NO4/c1-3-7-16-12-13-5-4-6-14(18-2)15(13)20-11-10-19-9-8-17/h4-6,16-17H,3,7-12H2,1-2H3. The van der Waals surface area contributed by atoms with E-state index in [1.54, 1.807) is 7.11 Å². The van der Waals surface area contributed by atoms with Crippen molar-refractivity contribution in [2.45, 2.75) is 19.9 Å². The van der Waals surface area contributed by atoms with E-state index in [2.05, 4.69) is 12.2 Å². The molecule has 0 aromatic heterocycles. The van der Waals surface area contributed by atoms with E-state index in [-0.39, 0.29) is 6.61 Å². The molecule has 0 amide bonds. The average Bonchev–Trinajstić information content (AvgIpc) is 2.48. The van der Waals surface area contributed by atoms with Crippen LogP contribution >= 0.6 is 0 Å². The first-order chi connectivity index (χ1) is 9.83. The Morgan fingerprint density at radius 2 is 2.05 bits per heavy atom. The number of aliphatic hydroxyl groups is 1. The average molecular weight is 283 g/mol. The highest BCUT2D eigenvalue weighted by molar-refractivity contribution is 5.46. The van der Waals surface area contributed by atoms with Crippen molar-refractivity contribution in [3.63, 3.8) is 0 Å². The summed E-state index contributed by atoms with van der Waals surface area (Å²) in [6.45, 7) is 5.09. The Morgan fingerprint density at radius 1 is 1.20 bits per heavy atom. The van der Waals surface area contributed by atoms with Crippen molar-refractivity contribution in [3.8, 4) is 11.5 Å². The highest BCUT2D eigenvalue weighted by Crippen LogP contribution is 2.30. The predicted molar refractivity (Wildman–Crippen MR) is 78.4 cm³/mol. The molecule has 1 rings (SSSR count). The van der Waals surface area contributed by atoms with E-state index in [1.165, 1.54) is 0 Å². The summed E-state index contributed by atoms with van der Waals surface area (Å²) in [7, 11) is 1.63. The lowest BCUT2D eigenvalue weighted by molar-refractivity contribution is 0.0696. The number of hydrogen-bond donors (Lipinski definition) is 2. The van der Waals surface area contributed by atoms with Crippen LogP contribution in [0.25, 0.3) is 0 Å². The molecular formula is C15H25NO4. The molecule has 0 heterocycles. The second kappa shape index (κ2) is 10.5. The zero-order valence-corrected chi connectivity index (χ0v) is 12.4. The van der Waals surface area contributed by atoms with Gasteiger partial charge in [0.2, 0.25) is 0 Å². The van der Waals surface area contributed by atoms with Gasteiger partial charge in [-0.05, 0) is 19.0 Å². The van der Waals surface area contributed by atoms with Crippen molar-refractivity contribution in [1.29, 1.82) is 0 Å². The molecule has 114 valence electrons. The molecular weight excluding hydrogens is 258 g/mol. The minimum absolute atomic E-state index is 0.0286. The summed E-state index contributed by atoms with van der Waals surface area (Å²) in [6.07, 6.45) is 1.09. The van der Waals surface area contributed by atoms with Gasteiger partial charge in [0, 0.05) is 12.1 Å². The van der Waals surface area contributed by atoms with E-state index < -0.39 is 0 Å². The second-order valence-electron chi connectivity index (χ2n) is 4.31. The first-order valence-electron chi connectivity index (χ1n) is 7.01. The second-order valence-corrected chi connectivity index (χ2v) is 4.31. The Bertz CT molecular complexity index is 371. The molecule has 1 aromatic rings. The Kier molecular flexibility index (Phi) is 8.78. The van der Waals surface area contributed by atoms with Gasteiger partial charge in [0.25, 0.3) is 0 Å². The Labute approximate surface area is 120 Å². The summed E-state index contributed by atoms with van der Waals surface area (Å²) in [4.78, 5) is 0. The largest absolute Gasteiger partial charge is 0.493 e. The van der Waals surface area contributed by atoms with Gasteiger partial charge in [0.15, 0.2) is 11.5 Å². The topological polar surface area (TPSA) is 60.0 Å². The molecule has 0 unspecified atom stereocenters. The van der Waals surface area contributed by atoms with Crippen molar-refractivity contribution in [2.75, 3.05) is 40.1 Å². The first-order valence-corrected chi connectivity index (χ1v) is 7.01. The lowest BCUT2D eigenvalue weighted by Crippen LogP contribution is -2.16. The van der Waals surface area contributed by atoms with Crippen LogP contribution in [0.2, 0.25) is 0 Å². The lowest BCUT2D eigenvalue weighted by atomic mass is 10.2. The molecule has 0 bridgehead atoms. The zero-order chi connectivity index (χ0) is 14.6. The van der Waals surface area contributed by atoms with E-state index in [9.17, 15) is 0 Å². The number of rotatable bonds is 11. The molecule has 5 heteroatoms. The molecule has 0 aliphatic rings. The highest BCUT2D eigenvalue weighted by atomic mass is 16.5. The van der Waals surface area contributed by atoms with Gasteiger partial charge in [0.1, 0.15) is 6.61 Å². The summed E-state index contributed by atoms with van der Waals surface area (Å²) >= 11 is 0. The SMILES string of the molecule is CCCNCc1cccc(OC)c1OCCOCCO. The van der Waals surface area contributed by atoms with Crippen molar-refractivity contribution in [3.05, 3.63) is 23.8 Å². The first kappa shape index (κ1) is 16.8. The normalized spacial score (nSPS) is 10.6. The van der Waals surface area contributed by atoms with Crippen LogP contribution in [0.5, 0.6) is 11.5 Å². The number of para-hydroxylation sites is 1. The summed E-state index contributed by atoms with van der Waals surface area (Å²) in [5, 5.41) is 12.0. The highest BCUT2D eigenvalue weighted by Gasteiger charge is 2.10. The molecule has 20 heavy (non-hydrogen) atoms. The van der Waals surface area contributed by atoms with Gasteiger partial charge >= 0.3 is 0 Å². The number of aliphatic hydroxyl groups excluding tert-OH is 1. The third-order valence-corrected chi connectivity index (χ3v) is 2.73. The summed E-state index contributed by atoms with van der Waals surface area (Å²) < 4.78 is 16.3. The monoisotopic (exact) mass is 283 g/mol. The molecule has 0 atom stereocenters. The lowest BCUT2D eigenvalue weighted by Gasteiger charge is -2.15. The minimum atomic E-state index is 0.0286. The summed E-state index contributed by atoms with van der Waals surface area (Å²) in [6, 6.07) is 5.86. The molecule has 2 N–H and O–H groups in total. The van der Waals surface area contributed by atoms with E-state index in [1.807, 2.05) is 18.2 Å². The molecule has 0 spiro atoms. The van der Waals surface area contributed by atoms with Crippen LogP contribution in [-0.2, 0) is 11.3 Å². The number of benzene rings is 1. The maximum Gasteiger partial charge on any atom is 0.165 e. The maximum atomic E-state index is 8.64. The van der Waals surface area contributed by atoms with Crippen LogP contribution in [0.4, 0.5) is 0 Å². The van der Waals surface area contributed by atoms with Gasteiger partial charge in [-0.3, -0.25) is 0 Å². The molecule has 0 aliphatic heterocycles. The fraction of sp³-hybridized carbons (Fsp3) is 0.600. The third-order valence-electron chi connectivity index (χ3n) is 2.73. The quantitative estimate of drug-likeness (QED) is 0.604. The van der Waals surface area contributed by atoms with Crippen LogP contribution in [0.1, 0.15) is 18.9 Å². The van der Waals surface area contributed by atoms with E-state index >= 15 is 0 Å². The van der Waals surface area contributed by atoms with Crippen molar-refractivity contribution >= 4 is 0 Å². The molecule has 1 aromatic carbocycles. The summed E-state index contributed by atoms with van der Waals surface area (Å²) in [5.41, 5.74) is 1.07. The fourth-order valence-corrected chi connectivity index (χ4v) is 1.79. The molecule has 0 radical (unpaired) electrons. The zero-order valence-electron chi connectivity index (χ0n) is 12.4. The maximum absolute atomic E-state index is 8.64. The van der Waals surface area contributed by atoms with Gasteiger partial charge in [-0.2, -0.15) is 0 Å². The van der Waals surface area contributed by atoms with Gasteiger partial charge in [-0.25, -0.2) is 0 Å².